The number of benzene rings is 1. The van der Waals surface area contributed by atoms with Crippen LogP contribution in [0.3, 0.4) is 0 Å². The van der Waals surface area contributed by atoms with E-state index in [-0.39, 0.29) is 30.5 Å². The molecule has 0 saturated heterocycles. The first-order valence-electron chi connectivity index (χ1n) is 11.0. The first-order valence-corrected chi connectivity index (χ1v) is 11.0. The highest BCUT2D eigenvalue weighted by atomic mass is 16.6. The van der Waals surface area contributed by atoms with Crippen molar-refractivity contribution in [2.45, 2.75) is 26.2 Å². The molecule has 184 valence electrons. The third-order valence-electron chi connectivity index (χ3n) is 6.22. The van der Waals surface area contributed by atoms with Crippen LogP contribution in [0.2, 0.25) is 0 Å². The van der Waals surface area contributed by atoms with E-state index in [0.29, 0.717) is 40.5 Å². The van der Waals surface area contributed by atoms with E-state index in [0.717, 1.165) is 0 Å². The molecule has 0 radical (unpaired) electrons. The second-order valence-corrected chi connectivity index (χ2v) is 8.28. The molecule has 9 nitrogen and oxygen atoms in total. The number of rotatable bonds is 8. The molecule has 9 heteroatoms. The first-order chi connectivity index (χ1) is 16.3. The highest BCUT2D eigenvalue weighted by Crippen LogP contribution is 2.46. The van der Waals surface area contributed by atoms with Crippen molar-refractivity contribution in [1.82, 2.24) is 5.32 Å². The van der Waals surface area contributed by atoms with Gasteiger partial charge in [0.15, 0.2) is 17.3 Å². The lowest BCUT2D eigenvalue weighted by atomic mass is 9.69. The number of ketones is 1. The van der Waals surface area contributed by atoms with Crippen LogP contribution in [0.4, 0.5) is 0 Å². The number of nitrogens with one attached hydrogen (secondary N) is 1. The van der Waals surface area contributed by atoms with Gasteiger partial charge in [-0.05, 0) is 37.0 Å². The van der Waals surface area contributed by atoms with E-state index in [1.165, 1.54) is 28.4 Å². The molecule has 1 aromatic rings. The molecular formula is C25H31NO8. The fourth-order valence-electron chi connectivity index (χ4n) is 4.61. The van der Waals surface area contributed by atoms with Gasteiger partial charge in [-0.15, -0.1) is 0 Å². The molecule has 0 bridgehead atoms. The average molecular weight is 474 g/mol. The summed E-state index contributed by atoms with van der Waals surface area (Å²) in [5.74, 6) is -2.57. The van der Waals surface area contributed by atoms with Gasteiger partial charge >= 0.3 is 11.9 Å². The summed E-state index contributed by atoms with van der Waals surface area (Å²) < 4.78 is 26.2. The van der Waals surface area contributed by atoms with Gasteiger partial charge in [-0.25, -0.2) is 4.79 Å². The largest absolute Gasteiger partial charge is 0.493 e. The van der Waals surface area contributed by atoms with Gasteiger partial charge in [0.2, 0.25) is 0 Å². The molecule has 1 aliphatic heterocycles. The average Bonchev–Trinajstić information content (AvgIpc) is 2.82. The van der Waals surface area contributed by atoms with Gasteiger partial charge < -0.3 is 29.0 Å². The first kappa shape index (κ1) is 25.3. The zero-order chi connectivity index (χ0) is 25.0. The molecule has 0 amide bonds. The van der Waals surface area contributed by atoms with Crippen LogP contribution in [0.25, 0.3) is 0 Å². The van der Waals surface area contributed by atoms with E-state index in [4.69, 9.17) is 23.7 Å². The Balaban J connectivity index is 2.17. The fraction of sp³-hybridized carbons (Fsp3) is 0.480. The Morgan fingerprint density at radius 2 is 1.76 bits per heavy atom. The number of hydrogen-bond donors (Lipinski definition) is 1. The quantitative estimate of drug-likeness (QED) is 0.346. The SMILES string of the molecule is COCCOC(=O)C1=C(C)NC2=C(C(=O)[C@H](C(=O)OC)[C@@H](C)C2)[C@H]1c1ccc(OC)c(OC)c1. The van der Waals surface area contributed by atoms with E-state index in [1.807, 2.05) is 6.92 Å². The second kappa shape index (κ2) is 10.7. The summed E-state index contributed by atoms with van der Waals surface area (Å²) in [6, 6.07) is 5.22. The number of ether oxygens (including phenoxy) is 5. The summed E-state index contributed by atoms with van der Waals surface area (Å²) in [7, 11) is 5.81. The fourth-order valence-corrected chi connectivity index (χ4v) is 4.61. The summed E-state index contributed by atoms with van der Waals surface area (Å²) in [6.07, 6.45) is 0.452. The molecule has 1 aliphatic carbocycles. The predicted molar refractivity (Wildman–Crippen MR) is 122 cm³/mol. The summed E-state index contributed by atoms with van der Waals surface area (Å²) in [4.78, 5) is 39.4. The molecule has 3 rings (SSSR count). The van der Waals surface area contributed by atoms with E-state index in [2.05, 4.69) is 5.32 Å². The van der Waals surface area contributed by atoms with Crippen LogP contribution >= 0.6 is 0 Å². The lowest BCUT2D eigenvalue weighted by Crippen LogP contribution is -2.43. The van der Waals surface area contributed by atoms with Crippen LogP contribution in [0.15, 0.2) is 40.7 Å². The molecule has 0 aromatic heterocycles. The van der Waals surface area contributed by atoms with Crippen molar-refractivity contribution in [3.8, 4) is 11.5 Å². The third kappa shape index (κ3) is 4.65. The number of carbonyl (C=O) groups excluding carboxylic acids is 3. The maximum Gasteiger partial charge on any atom is 0.336 e. The molecule has 2 aliphatic rings. The highest BCUT2D eigenvalue weighted by molar-refractivity contribution is 6.12. The van der Waals surface area contributed by atoms with Crippen LogP contribution in [0.5, 0.6) is 11.5 Å². The van der Waals surface area contributed by atoms with Gasteiger partial charge in [-0.2, -0.15) is 0 Å². The maximum atomic E-state index is 13.7. The topological polar surface area (TPSA) is 109 Å². The number of esters is 2. The molecule has 0 fully saturated rings. The van der Waals surface area contributed by atoms with Crippen molar-refractivity contribution in [3.63, 3.8) is 0 Å². The Kier molecular flexibility index (Phi) is 7.98. The van der Waals surface area contributed by atoms with Gasteiger partial charge in [0.1, 0.15) is 12.5 Å². The van der Waals surface area contributed by atoms with Gasteiger partial charge in [0.05, 0.1) is 33.5 Å². The number of carbonyl (C=O) groups is 3. The van der Waals surface area contributed by atoms with Crippen LogP contribution in [0.1, 0.15) is 31.7 Å². The molecule has 0 unspecified atom stereocenters. The second-order valence-electron chi connectivity index (χ2n) is 8.28. The number of methoxy groups -OCH3 is 4. The van der Waals surface area contributed by atoms with Crippen LogP contribution in [-0.2, 0) is 28.6 Å². The van der Waals surface area contributed by atoms with Crippen molar-refractivity contribution in [3.05, 3.63) is 46.3 Å². The molecule has 1 heterocycles. The zero-order valence-electron chi connectivity index (χ0n) is 20.4. The number of Topliss-reactive ketones (excluding diaryl/α,β-unsaturated/α-hetero) is 1. The Morgan fingerprint density at radius 3 is 2.38 bits per heavy atom. The van der Waals surface area contributed by atoms with Crippen molar-refractivity contribution < 1.29 is 38.1 Å². The van der Waals surface area contributed by atoms with Gasteiger partial charge in [0, 0.05) is 30.0 Å². The molecule has 0 saturated carbocycles. The lowest BCUT2D eigenvalue weighted by Gasteiger charge is -2.38. The summed E-state index contributed by atoms with van der Waals surface area (Å²) in [6.45, 7) is 3.91. The Bertz CT molecular complexity index is 1040. The van der Waals surface area contributed by atoms with Gasteiger partial charge in [0.25, 0.3) is 0 Å². The molecule has 1 N–H and O–H groups in total. The Morgan fingerprint density at radius 1 is 1.06 bits per heavy atom. The number of dihydropyridines is 1. The van der Waals surface area contributed by atoms with Crippen molar-refractivity contribution >= 4 is 17.7 Å². The molecule has 3 atom stereocenters. The highest BCUT2D eigenvalue weighted by Gasteiger charge is 2.47. The summed E-state index contributed by atoms with van der Waals surface area (Å²) >= 11 is 0. The van der Waals surface area contributed by atoms with E-state index < -0.39 is 23.8 Å². The van der Waals surface area contributed by atoms with Crippen molar-refractivity contribution in [2.24, 2.45) is 11.8 Å². The monoisotopic (exact) mass is 473 g/mol. The van der Waals surface area contributed by atoms with E-state index in [1.54, 1.807) is 25.1 Å². The molecule has 1 aromatic carbocycles. The zero-order valence-corrected chi connectivity index (χ0v) is 20.4. The van der Waals surface area contributed by atoms with Crippen molar-refractivity contribution in [1.29, 1.82) is 0 Å². The minimum atomic E-state index is -0.961. The van der Waals surface area contributed by atoms with Gasteiger partial charge in [-0.3, -0.25) is 9.59 Å². The minimum absolute atomic E-state index is 0.0619. The van der Waals surface area contributed by atoms with Crippen LogP contribution in [-0.4, -0.2) is 59.4 Å². The maximum absolute atomic E-state index is 13.7. The van der Waals surface area contributed by atoms with Crippen LogP contribution < -0.4 is 14.8 Å². The number of allylic oxidation sites excluding steroid dienone is 3. The Labute approximate surface area is 199 Å². The Hall–Kier alpha value is -3.33. The minimum Gasteiger partial charge on any atom is -0.493 e. The lowest BCUT2D eigenvalue weighted by molar-refractivity contribution is -0.151. The summed E-state index contributed by atoms with van der Waals surface area (Å²) in [5, 5.41) is 3.23. The van der Waals surface area contributed by atoms with Gasteiger partial charge in [-0.1, -0.05) is 13.0 Å². The standard InChI is InChI=1S/C25H31NO8/c1-13-11-16-22(23(27)19(13)24(28)33-6)21(15-7-8-17(31-4)18(12-15)32-5)20(14(2)26-16)25(29)34-10-9-30-3/h7-8,12-13,19,21,26H,9-11H2,1-6H3/t13-,19+,21-/m0/s1. The van der Waals surface area contributed by atoms with Crippen molar-refractivity contribution in [2.75, 3.05) is 41.7 Å². The third-order valence-corrected chi connectivity index (χ3v) is 6.22. The molecule has 34 heavy (non-hydrogen) atoms. The van der Waals surface area contributed by atoms with E-state index in [9.17, 15) is 14.4 Å². The molecule has 0 spiro atoms. The van der Waals surface area contributed by atoms with Crippen LogP contribution in [0, 0.1) is 11.8 Å². The van der Waals surface area contributed by atoms with E-state index >= 15 is 0 Å². The predicted octanol–water partition coefficient (Wildman–Crippen LogP) is 2.51. The summed E-state index contributed by atoms with van der Waals surface area (Å²) in [5.41, 5.74) is 2.54. The number of hydrogen-bond acceptors (Lipinski definition) is 9. The normalized spacial score (nSPS) is 22.1. The smallest absolute Gasteiger partial charge is 0.336 e. The molecular weight excluding hydrogens is 442 g/mol.